The molecule has 4 N–H and O–H groups in total. The number of aryl methyl sites for hydroxylation is 1. The van der Waals surface area contributed by atoms with Gasteiger partial charge in [-0.05, 0) is 37.3 Å². The monoisotopic (exact) mass is 269 g/mol. The highest BCUT2D eigenvalue weighted by Crippen LogP contribution is 2.16. The van der Waals surface area contributed by atoms with E-state index in [1.54, 1.807) is 36.4 Å². The Morgan fingerprint density at radius 3 is 2.15 bits per heavy atom. The van der Waals surface area contributed by atoms with Crippen molar-refractivity contribution in [3.05, 3.63) is 59.7 Å². The lowest BCUT2D eigenvalue weighted by Gasteiger charge is -2.08. The van der Waals surface area contributed by atoms with Gasteiger partial charge in [0.05, 0.1) is 0 Å². The van der Waals surface area contributed by atoms with Crippen LogP contribution in [-0.4, -0.2) is 11.9 Å². The fourth-order valence-electron chi connectivity index (χ4n) is 1.73. The van der Waals surface area contributed by atoms with Crippen molar-refractivity contribution in [3.63, 3.8) is 0 Å². The highest BCUT2D eigenvalue weighted by atomic mass is 16.2. The zero-order valence-electron chi connectivity index (χ0n) is 11.0. The zero-order chi connectivity index (χ0) is 14.5. The van der Waals surface area contributed by atoms with Gasteiger partial charge in [-0.25, -0.2) is 4.79 Å². The van der Waals surface area contributed by atoms with E-state index < -0.39 is 6.03 Å². The number of nitrogens with one attached hydrogen (secondary N) is 2. The molecule has 0 spiro atoms. The van der Waals surface area contributed by atoms with Crippen molar-refractivity contribution >= 4 is 23.3 Å². The lowest BCUT2D eigenvalue weighted by molar-refractivity contribution is 0.102. The van der Waals surface area contributed by atoms with E-state index in [0.717, 1.165) is 5.56 Å². The van der Waals surface area contributed by atoms with E-state index in [4.69, 9.17) is 5.73 Å². The molecule has 2 aromatic carbocycles. The maximum Gasteiger partial charge on any atom is 0.316 e. The normalized spacial score (nSPS) is 9.85. The first kappa shape index (κ1) is 13.6. The SMILES string of the molecule is Cc1ccc(C(=O)Nc2cccc(NC(N)=O)c2)cc1. The highest BCUT2D eigenvalue weighted by molar-refractivity contribution is 6.04. The molecule has 0 heterocycles. The number of amides is 3. The Hall–Kier alpha value is -2.82. The van der Waals surface area contributed by atoms with Gasteiger partial charge in [-0.2, -0.15) is 0 Å². The summed E-state index contributed by atoms with van der Waals surface area (Å²) in [5.41, 5.74) is 7.82. The quantitative estimate of drug-likeness (QED) is 0.800. The predicted octanol–water partition coefficient (Wildman–Crippen LogP) is 2.74. The van der Waals surface area contributed by atoms with Gasteiger partial charge in [-0.1, -0.05) is 23.8 Å². The van der Waals surface area contributed by atoms with Crippen LogP contribution in [0.5, 0.6) is 0 Å². The van der Waals surface area contributed by atoms with Gasteiger partial charge >= 0.3 is 6.03 Å². The van der Waals surface area contributed by atoms with Crippen molar-refractivity contribution in [2.24, 2.45) is 5.73 Å². The molecule has 20 heavy (non-hydrogen) atoms. The van der Waals surface area contributed by atoms with Gasteiger partial charge in [0.2, 0.25) is 0 Å². The number of nitrogens with two attached hydrogens (primary N) is 1. The third kappa shape index (κ3) is 3.58. The summed E-state index contributed by atoms with van der Waals surface area (Å²) >= 11 is 0. The second-order valence-corrected chi connectivity index (χ2v) is 4.39. The Kier molecular flexibility index (Phi) is 4.00. The summed E-state index contributed by atoms with van der Waals surface area (Å²) in [7, 11) is 0. The second kappa shape index (κ2) is 5.88. The van der Waals surface area contributed by atoms with Gasteiger partial charge in [-0.3, -0.25) is 4.79 Å². The summed E-state index contributed by atoms with van der Waals surface area (Å²) in [5.74, 6) is -0.207. The molecule has 0 saturated heterocycles. The maximum atomic E-state index is 12.0. The number of hydrogen-bond acceptors (Lipinski definition) is 2. The number of primary amides is 1. The van der Waals surface area contributed by atoms with Crippen LogP contribution in [0.4, 0.5) is 16.2 Å². The third-order valence-corrected chi connectivity index (χ3v) is 2.70. The van der Waals surface area contributed by atoms with Crippen LogP contribution in [0.15, 0.2) is 48.5 Å². The van der Waals surface area contributed by atoms with Crippen molar-refractivity contribution in [2.45, 2.75) is 6.92 Å². The van der Waals surface area contributed by atoms with Crippen LogP contribution in [0.2, 0.25) is 0 Å². The molecular weight excluding hydrogens is 254 g/mol. The topological polar surface area (TPSA) is 84.2 Å². The van der Waals surface area contributed by atoms with Crippen LogP contribution in [-0.2, 0) is 0 Å². The molecule has 0 radical (unpaired) electrons. The Morgan fingerprint density at radius 2 is 1.55 bits per heavy atom. The lowest BCUT2D eigenvalue weighted by Crippen LogP contribution is -2.19. The van der Waals surface area contributed by atoms with Crippen molar-refractivity contribution in [3.8, 4) is 0 Å². The van der Waals surface area contributed by atoms with E-state index in [0.29, 0.717) is 16.9 Å². The third-order valence-electron chi connectivity index (χ3n) is 2.70. The molecule has 0 atom stereocenters. The second-order valence-electron chi connectivity index (χ2n) is 4.39. The molecule has 5 heteroatoms. The van der Waals surface area contributed by atoms with E-state index in [1.807, 2.05) is 19.1 Å². The summed E-state index contributed by atoms with van der Waals surface area (Å²) in [6, 6.07) is 13.4. The van der Waals surface area contributed by atoms with Gasteiger partial charge in [0.1, 0.15) is 0 Å². The Labute approximate surface area is 116 Å². The molecule has 0 aliphatic rings. The predicted molar refractivity (Wildman–Crippen MR) is 78.8 cm³/mol. The first-order valence-electron chi connectivity index (χ1n) is 6.09. The van der Waals surface area contributed by atoms with Crippen LogP contribution < -0.4 is 16.4 Å². The zero-order valence-corrected chi connectivity index (χ0v) is 11.0. The minimum atomic E-state index is -0.646. The maximum absolute atomic E-state index is 12.0. The summed E-state index contributed by atoms with van der Waals surface area (Å²) in [6.45, 7) is 1.96. The fourth-order valence-corrected chi connectivity index (χ4v) is 1.73. The van der Waals surface area contributed by atoms with Crippen LogP contribution in [0.1, 0.15) is 15.9 Å². The number of anilines is 2. The van der Waals surface area contributed by atoms with Crippen LogP contribution in [0, 0.1) is 6.92 Å². The number of rotatable bonds is 3. The molecule has 3 amide bonds. The summed E-state index contributed by atoms with van der Waals surface area (Å²) in [6.07, 6.45) is 0. The molecule has 5 nitrogen and oxygen atoms in total. The number of hydrogen-bond donors (Lipinski definition) is 3. The van der Waals surface area contributed by atoms with Gasteiger partial charge in [-0.15, -0.1) is 0 Å². The summed E-state index contributed by atoms with van der Waals surface area (Å²) in [5, 5.41) is 5.21. The van der Waals surface area contributed by atoms with Crippen molar-refractivity contribution in [1.82, 2.24) is 0 Å². The van der Waals surface area contributed by atoms with Gasteiger partial charge in [0.25, 0.3) is 5.91 Å². The van der Waals surface area contributed by atoms with E-state index in [9.17, 15) is 9.59 Å². The molecule has 0 unspecified atom stereocenters. The Bertz CT molecular complexity index is 636. The molecular formula is C15H15N3O2. The van der Waals surface area contributed by atoms with Crippen molar-refractivity contribution in [1.29, 1.82) is 0 Å². The molecule has 0 aliphatic carbocycles. The van der Waals surface area contributed by atoms with E-state index in [1.165, 1.54) is 0 Å². The number of carbonyl (C=O) groups excluding carboxylic acids is 2. The van der Waals surface area contributed by atoms with E-state index in [-0.39, 0.29) is 5.91 Å². The lowest BCUT2D eigenvalue weighted by atomic mass is 10.1. The van der Waals surface area contributed by atoms with Crippen molar-refractivity contribution in [2.75, 3.05) is 10.6 Å². The molecule has 0 aliphatic heterocycles. The Balaban J connectivity index is 2.11. The van der Waals surface area contributed by atoms with E-state index >= 15 is 0 Å². The molecule has 2 aromatic rings. The first-order valence-corrected chi connectivity index (χ1v) is 6.09. The number of urea groups is 1. The number of carbonyl (C=O) groups is 2. The fraction of sp³-hybridized carbons (Fsp3) is 0.0667. The first-order chi connectivity index (χ1) is 9.54. The van der Waals surface area contributed by atoms with Crippen LogP contribution >= 0.6 is 0 Å². The smallest absolute Gasteiger partial charge is 0.316 e. The number of benzene rings is 2. The minimum Gasteiger partial charge on any atom is -0.351 e. The molecule has 0 saturated carbocycles. The summed E-state index contributed by atoms with van der Waals surface area (Å²) < 4.78 is 0. The standard InChI is InChI=1S/C15H15N3O2/c1-10-5-7-11(8-6-10)14(19)17-12-3-2-4-13(9-12)18-15(16)20/h2-9H,1H3,(H,17,19)(H3,16,18,20). The van der Waals surface area contributed by atoms with Crippen LogP contribution in [0.25, 0.3) is 0 Å². The molecule has 102 valence electrons. The molecule has 0 bridgehead atoms. The Morgan fingerprint density at radius 1 is 0.950 bits per heavy atom. The van der Waals surface area contributed by atoms with Gasteiger partial charge in [0, 0.05) is 16.9 Å². The molecule has 0 fully saturated rings. The van der Waals surface area contributed by atoms with Crippen molar-refractivity contribution < 1.29 is 9.59 Å². The average Bonchev–Trinajstić information content (AvgIpc) is 2.39. The largest absolute Gasteiger partial charge is 0.351 e. The minimum absolute atomic E-state index is 0.207. The molecule has 2 rings (SSSR count). The molecule has 0 aromatic heterocycles. The van der Waals surface area contributed by atoms with Crippen LogP contribution in [0.3, 0.4) is 0 Å². The highest BCUT2D eigenvalue weighted by Gasteiger charge is 2.06. The summed E-state index contributed by atoms with van der Waals surface area (Å²) in [4.78, 5) is 22.8. The van der Waals surface area contributed by atoms with E-state index in [2.05, 4.69) is 10.6 Å². The van der Waals surface area contributed by atoms with Gasteiger partial charge in [0.15, 0.2) is 0 Å². The average molecular weight is 269 g/mol. The van der Waals surface area contributed by atoms with Gasteiger partial charge < -0.3 is 16.4 Å².